The molecule has 2 aromatic rings. The molecular formula is C20H25FN2O2. The summed E-state index contributed by atoms with van der Waals surface area (Å²) in [6.45, 7) is 4.61. The van der Waals surface area contributed by atoms with Crippen molar-refractivity contribution in [3.8, 4) is 0 Å². The number of hydrogen-bond acceptors (Lipinski definition) is 3. The first kappa shape index (κ1) is 19.1. The Morgan fingerprint density at radius 1 is 1.12 bits per heavy atom. The zero-order valence-corrected chi connectivity index (χ0v) is 14.7. The number of hydrogen-bond donors (Lipinski definition) is 2. The lowest BCUT2D eigenvalue weighted by Crippen LogP contribution is -2.43. The zero-order chi connectivity index (χ0) is 18.3. The topological polar surface area (TPSA) is 52.6 Å². The van der Waals surface area contributed by atoms with Gasteiger partial charge in [-0.2, -0.15) is 0 Å². The largest absolute Gasteiger partial charge is 0.389 e. The van der Waals surface area contributed by atoms with E-state index in [4.69, 9.17) is 0 Å². The van der Waals surface area contributed by atoms with Gasteiger partial charge in [0, 0.05) is 25.2 Å². The van der Waals surface area contributed by atoms with Crippen molar-refractivity contribution in [2.24, 2.45) is 0 Å². The summed E-state index contributed by atoms with van der Waals surface area (Å²) in [6, 6.07) is 16.2. The second kappa shape index (κ2) is 8.74. The summed E-state index contributed by atoms with van der Waals surface area (Å²) in [5.74, 6) is -0.538. The van der Waals surface area contributed by atoms with E-state index in [-0.39, 0.29) is 24.8 Å². The highest BCUT2D eigenvalue weighted by Crippen LogP contribution is 2.10. The van der Waals surface area contributed by atoms with E-state index >= 15 is 0 Å². The smallest absolute Gasteiger partial charge is 0.234 e. The Morgan fingerprint density at radius 3 is 2.40 bits per heavy atom. The van der Waals surface area contributed by atoms with Gasteiger partial charge in [0.15, 0.2) is 0 Å². The van der Waals surface area contributed by atoms with Crippen LogP contribution in [0.15, 0.2) is 54.6 Å². The van der Waals surface area contributed by atoms with Crippen LogP contribution in [-0.4, -0.2) is 34.6 Å². The fourth-order valence-corrected chi connectivity index (χ4v) is 2.65. The fraction of sp³-hybridized carbons (Fsp3) is 0.350. The minimum absolute atomic E-state index is 0.132. The summed E-state index contributed by atoms with van der Waals surface area (Å²) in [7, 11) is 0. The zero-order valence-electron chi connectivity index (χ0n) is 14.7. The van der Waals surface area contributed by atoms with Crippen LogP contribution in [0.5, 0.6) is 0 Å². The second-order valence-corrected chi connectivity index (χ2v) is 6.81. The van der Waals surface area contributed by atoms with E-state index in [1.54, 1.807) is 32.0 Å². The van der Waals surface area contributed by atoms with Crippen LogP contribution in [0.25, 0.3) is 0 Å². The Kier molecular flexibility index (Phi) is 6.67. The molecule has 0 aliphatic heterocycles. The molecule has 0 saturated heterocycles. The third-order valence-corrected chi connectivity index (χ3v) is 3.66. The minimum atomic E-state index is -0.916. The minimum Gasteiger partial charge on any atom is -0.389 e. The Labute approximate surface area is 148 Å². The van der Waals surface area contributed by atoms with Gasteiger partial charge in [-0.05, 0) is 25.5 Å². The summed E-state index contributed by atoms with van der Waals surface area (Å²) in [4.78, 5) is 14.1. The van der Waals surface area contributed by atoms with Crippen molar-refractivity contribution in [2.45, 2.75) is 32.5 Å². The average molecular weight is 344 g/mol. The number of nitrogens with zero attached hydrogens (tertiary/aromatic N) is 1. The summed E-state index contributed by atoms with van der Waals surface area (Å²) < 4.78 is 13.6. The Bertz CT molecular complexity index is 684. The van der Waals surface area contributed by atoms with Crippen LogP contribution in [0.4, 0.5) is 4.39 Å². The predicted molar refractivity (Wildman–Crippen MR) is 96.3 cm³/mol. The van der Waals surface area contributed by atoms with Crippen LogP contribution in [0, 0.1) is 5.82 Å². The van der Waals surface area contributed by atoms with E-state index in [0.29, 0.717) is 18.7 Å². The molecule has 0 aliphatic carbocycles. The van der Waals surface area contributed by atoms with Crippen molar-refractivity contribution < 1.29 is 14.3 Å². The molecule has 0 aliphatic rings. The van der Waals surface area contributed by atoms with Crippen molar-refractivity contribution in [1.82, 2.24) is 10.2 Å². The van der Waals surface area contributed by atoms with Gasteiger partial charge >= 0.3 is 0 Å². The van der Waals surface area contributed by atoms with Gasteiger partial charge in [-0.25, -0.2) is 4.39 Å². The molecule has 0 saturated carbocycles. The molecule has 0 aromatic heterocycles. The van der Waals surface area contributed by atoms with Crippen molar-refractivity contribution >= 4 is 5.91 Å². The number of carbonyl (C=O) groups is 1. The van der Waals surface area contributed by atoms with E-state index in [2.05, 4.69) is 5.32 Å². The molecular weight excluding hydrogens is 319 g/mol. The summed E-state index contributed by atoms with van der Waals surface area (Å²) in [6.07, 6.45) is 0. The third-order valence-electron chi connectivity index (χ3n) is 3.66. The van der Waals surface area contributed by atoms with E-state index < -0.39 is 5.60 Å². The molecule has 5 heteroatoms. The second-order valence-electron chi connectivity index (χ2n) is 6.81. The lowest BCUT2D eigenvalue weighted by atomic mass is 10.1. The number of amides is 1. The SMILES string of the molecule is CC(C)(O)CN(CC(=O)NCc1ccccc1F)Cc1ccccc1. The van der Waals surface area contributed by atoms with Gasteiger partial charge in [-0.1, -0.05) is 48.5 Å². The van der Waals surface area contributed by atoms with Crippen molar-refractivity contribution in [1.29, 1.82) is 0 Å². The fourth-order valence-electron chi connectivity index (χ4n) is 2.65. The van der Waals surface area contributed by atoms with E-state index in [1.165, 1.54) is 6.07 Å². The molecule has 2 N–H and O–H groups in total. The quantitative estimate of drug-likeness (QED) is 0.774. The van der Waals surface area contributed by atoms with Gasteiger partial charge in [0.2, 0.25) is 5.91 Å². The van der Waals surface area contributed by atoms with Crippen LogP contribution in [0.2, 0.25) is 0 Å². The van der Waals surface area contributed by atoms with E-state index in [1.807, 2.05) is 35.2 Å². The van der Waals surface area contributed by atoms with Gasteiger partial charge in [-0.3, -0.25) is 9.69 Å². The number of nitrogens with one attached hydrogen (secondary N) is 1. The normalized spacial score (nSPS) is 11.6. The van der Waals surface area contributed by atoms with Gasteiger partial charge in [0.05, 0.1) is 12.1 Å². The summed E-state index contributed by atoms with van der Waals surface area (Å²) >= 11 is 0. The highest BCUT2D eigenvalue weighted by Gasteiger charge is 2.20. The van der Waals surface area contributed by atoms with Crippen LogP contribution in [0.3, 0.4) is 0 Å². The molecule has 1 amide bonds. The van der Waals surface area contributed by atoms with Crippen LogP contribution < -0.4 is 5.32 Å². The molecule has 4 nitrogen and oxygen atoms in total. The molecule has 0 radical (unpaired) electrons. The van der Waals surface area contributed by atoms with E-state index in [9.17, 15) is 14.3 Å². The van der Waals surface area contributed by atoms with Crippen LogP contribution in [0.1, 0.15) is 25.0 Å². The van der Waals surface area contributed by atoms with Crippen LogP contribution >= 0.6 is 0 Å². The number of benzene rings is 2. The standard InChI is InChI=1S/C20H25FN2O2/c1-20(2,25)15-23(13-16-8-4-3-5-9-16)14-19(24)22-12-17-10-6-7-11-18(17)21/h3-11,25H,12-15H2,1-2H3,(H,22,24). The Balaban J connectivity index is 1.95. The number of aliphatic hydroxyl groups is 1. The van der Waals surface area contributed by atoms with Crippen molar-refractivity contribution in [3.63, 3.8) is 0 Å². The molecule has 0 unspecified atom stereocenters. The lowest BCUT2D eigenvalue weighted by molar-refractivity contribution is -0.123. The third kappa shape index (κ3) is 7.03. The monoisotopic (exact) mass is 344 g/mol. The van der Waals surface area contributed by atoms with Gasteiger partial charge in [0.25, 0.3) is 0 Å². The molecule has 0 fully saturated rings. The molecule has 2 rings (SSSR count). The highest BCUT2D eigenvalue weighted by atomic mass is 19.1. The maximum absolute atomic E-state index is 13.6. The van der Waals surface area contributed by atoms with Crippen LogP contribution in [-0.2, 0) is 17.9 Å². The molecule has 0 atom stereocenters. The summed E-state index contributed by atoms with van der Waals surface area (Å²) in [5.41, 5.74) is 0.599. The van der Waals surface area contributed by atoms with E-state index in [0.717, 1.165) is 5.56 Å². The van der Waals surface area contributed by atoms with Gasteiger partial charge < -0.3 is 10.4 Å². The Hall–Kier alpha value is -2.24. The number of halogens is 1. The maximum atomic E-state index is 13.6. The summed E-state index contributed by atoms with van der Waals surface area (Å²) in [5, 5.41) is 12.8. The first-order chi connectivity index (χ1) is 11.8. The highest BCUT2D eigenvalue weighted by molar-refractivity contribution is 5.78. The molecule has 0 heterocycles. The molecule has 25 heavy (non-hydrogen) atoms. The average Bonchev–Trinajstić information content (AvgIpc) is 2.53. The first-order valence-corrected chi connectivity index (χ1v) is 8.32. The molecule has 0 spiro atoms. The Morgan fingerprint density at radius 2 is 1.76 bits per heavy atom. The number of rotatable bonds is 8. The van der Waals surface area contributed by atoms with Crippen molar-refractivity contribution in [3.05, 3.63) is 71.5 Å². The molecule has 0 bridgehead atoms. The lowest BCUT2D eigenvalue weighted by Gasteiger charge is -2.28. The molecule has 2 aromatic carbocycles. The van der Waals surface area contributed by atoms with Crippen molar-refractivity contribution in [2.75, 3.05) is 13.1 Å². The first-order valence-electron chi connectivity index (χ1n) is 8.32. The van der Waals surface area contributed by atoms with Gasteiger partial charge in [-0.15, -0.1) is 0 Å². The van der Waals surface area contributed by atoms with Gasteiger partial charge in [0.1, 0.15) is 5.82 Å². The number of carbonyl (C=O) groups excluding carboxylic acids is 1. The predicted octanol–water partition coefficient (Wildman–Crippen LogP) is 2.72. The maximum Gasteiger partial charge on any atom is 0.234 e. The molecule has 134 valence electrons.